The lowest BCUT2D eigenvalue weighted by molar-refractivity contribution is 0.412. The van der Waals surface area contributed by atoms with Crippen LogP contribution < -0.4 is 4.74 Å². The lowest BCUT2D eigenvalue weighted by Crippen LogP contribution is -2.15. The van der Waals surface area contributed by atoms with Crippen LogP contribution in [-0.2, 0) is 11.8 Å². The van der Waals surface area contributed by atoms with Crippen LogP contribution in [0.5, 0.6) is 5.75 Å². The number of nitriles is 1. The molecule has 3 rings (SSSR count). The van der Waals surface area contributed by atoms with Gasteiger partial charge in [-0.15, -0.1) is 11.3 Å². The molecule has 0 aliphatic heterocycles. The van der Waals surface area contributed by atoms with Gasteiger partial charge in [-0.2, -0.15) is 5.26 Å². The number of rotatable bonds is 3. The van der Waals surface area contributed by atoms with E-state index in [9.17, 15) is 5.26 Å². The highest BCUT2D eigenvalue weighted by Gasteiger charge is 2.26. The molecule has 3 aromatic rings. The zero-order chi connectivity index (χ0) is 17.5. The first-order valence-electron chi connectivity index (χ1n) is 7.88. The first kappa shape index (κ1) is 16.5. The van der Waals surface area contributed by atoms with Gasteiger partial charge < -0.3 is 4.74 Å². The van der Waals surface area contributed by atoms with Gasteiger partial charge in [0.2, 0.25) is 0 Å². The molecule has 0 saturated heterocycles. The first-order chi connectivity index (χ1) is 11.4. The number of benzene rings is 1. The van der Waals surface area contributed by atoms with Crippen molar-refractivity contribution in [1.29, 1.82) is 5.26 Å². The van der Waals surface area contributed by atoms with Gasteiger partial charge in [-0.05, 0) is 36.2 Å². The summed E-state index contributed by atoms with van der Waals surface area (Å²) in [5, 5.41) is 11.4. The van der Waals surface area contributed by atoms with E-state index in [1.165, 1.54) is 0 Å². The number of hydrogen-bond acceptors (Lipinski definition) is 4. The molecule has 124 valence electrons. The number of thiazole rings is 1. The molecule has 0 bridgehead atoms. The molecule has 0 amide bonds. The standard InChI is InChI=1S/C19H21N3OS/c1-12-10-13(6-7-16(12)23-5)15-11-24-18-21-17(19(2,3)4)14(8-9-20)22(15)18/h6-7,10-11H,8H2,1-5H3. The summed E-state index contributed by atoms with van der Waals surface area (Å²) in [6.45, 7) is 8.45. The fourth-order valence-corrected chi connectivity index (χ4v) is 3.91. The second kappa shape index (κ2) is 5.95. The highest BCUT2D eigenvalue weighted by Crippen LogP contribution is 2.34. The Morgan fingerprint density at radius 3 is 2.67 bits per heavy atom. The zero-order valence-corrected chi connectivity index (χ0v) is 15.5. The predicted molar refractivity (Wildman–Crippen MR) is 97.8 cm³/mol. The maximum Gasteiger partial charge on any atom is 0.194 e. The second-order valence-electron chi connectivity index (χ2n) is 6.92. The normalized spacial score (nSPS) is 11.7. The summed E-state index contributed by atoms with van der Waals surface area (Å²) in [6.07, 6.45) is 0.354. The van der Waals surface area contributed by atoms with Gasteiger partial charge in [0, 0.05) is 10.8 Å². The highest BCUT2D eigenvalue weighted by molar-refractivity contribution is 7.15. The summed E-state index contributed by atoms with van der Waals surface area (Å²) < 4.78 is 7.49. The molecule has 24 heavy (non-hydrogen) atoms. The van der Waals surface area contributed by atoms with E-state index in [4.69, 9.17) is 9.72 Å². The Balaban J connectivity index is 2.25. The fourth-order valence-electron chi connectivity index (χ4n) is 2.99. The van der Waals surface area contributed by atoms with E-state index in [1.807, 2.05) is 13.0 Å². The number of hydrogen-bond donors (Lipinski definition) is 0. The zero-order valence-electron chi connectivity index (χ0n) is 14.7. The Hall–Kier alpha value is -2.32. The van der Waals surface area contributed by atoms with E-state index in [0.717, 1.165) is 38.9 Å². The van der Waals surface area contributed by atoms with Gasteiger partial charge >= 0.3 is 0 Å². The number of aromatic nitrogens is 2. The average molecular weight is 339 g/mol. The smallest absolute Gasteiger partial charge is 0.194 e. The van der Waals surface area contributed by atoms with Gasteiger partial charge in [0.05, 0.1) is 36.7 Å². The summed E-state index contributed by atoms with van der Waals surface area (Å²) in [6, 6.07) is 8.46. The quantitative estimate of drug-likeness (QED) is 0.692. The molecule has 5 heteroatoms. The number of fused-ring (bicyclic) bond motifs is 1. The molecule has 4 nitrogen and oxygen atoms in total. The molecule has 0 saturated carbocycles. The van der Waals surface area contributed by atoms with Crippen molar-refractivity contribution in [1.82, 2.24) is 9.38 Å². The monoisotopic (exact) mass is 339 g/mol. The van der Waals surface area contributed by atoms with Crippen LogP contribution in [0.15, 0.2) is 23.6 Å². The molecule has 0 unspecified atom stereocenters. The molecule has 0 radical (unpaired) electrons. The molecule has 0 N–H and O–H groups in total. The predicted octanol–water partition coefficient (Wildman–Crippen LogP) is 4.74. The molecule has 0 fully saturated rings. The summed E-state index contributed by atoms with van der Waals surface area (Å²) in [4.78, 5) is 5.75. The van der Waals surface area contributed by atoms with Crippen molar-refractivity contribution in [3.05, 3.63) is 40.5 Å². The van der Waals surface area contributed by atoms with Crippen LogP contribution in [0.2, 0.25) is 0 Å². The van der Waals surface area contributed by atoms with Crippen LogP contribution in [0.25, 0.3) is 16.2 Å². The Morgan fingerprint density at radius 1 is 1.33 bits per heavy atom. The molecule has 0 atom stereocenters. The number of imidazole rings is 1. The molecule has 1 aromatic carbocycles. The van der Waals surface area contributed by atoms with Gasteiger partial charge in [-0.25, -0.2) is 4.98 Å². The van der Waals surface area contributed by atoms with Gasteiger partial charge in [0.1, 0.15) is 5.75 Å². The number of aryl methyl sites for hydroxylation is 1. The minimum absolute atomic E-state index is 0.0922. The summed E-state index contributed by atoms with van der Waals surface area (Å²) in [5.41, 5.74) is 5.18. The van der Waals surface area contributed by atoms with Crippen molar-refractivity contribution in [3.8, 4) is 23.1 Å². The van der Waals surface area contributed by atoms with Crippen LogP contribution in [0.3, 0.4) is 0 Å². The third-order valence-corrected chi connectivity index (χ3v) is 4.93. The maximum absolute atomic E-state index is 9.29. The third kappa shape index (κ3) is 2.67. The highest BCUT2D eigenvalue weighted by atomic mass is 32.1. The largest absolute Gasteiger partial charge is 0.496 e. The summed E-state index contributed by atoms with van der Waals surface area (Å²) in [7, 11) is 1.68. The van der Waals surface area contributed by atoms with Gasteiger partial charge in [0.25, 0.3) is 0 Å². The molecular weight excluding hydrogens is 318 g/mol. The lowest BCUT2D eigenvalue weighted by Gasteiger charge is -2.17. The molecule has 0 aliphatic carbocycles. The molecule has 0 aliphatic rings. The van der Waals surface area contributed by atoms with Crippen LogP contribution in [0, 0.1) is 18.3 Å². The van der Waals surface area contributed by atoms with Gasteiger partial charge in [-0.1, -0.05) is 20.8 Å². The Morgan fingerprint density at radius 2 is 2.08 bits per heavy atom. The van der Waals surface area contributed by atoms with Crippen LogP contribution in [0.4, 0.5) is 0 Å². The SMILES string of the molecule is COc1ccc(-c2csc3nc(C(C)(C)C)c(CC#N)n23)cc1C. The number of nitrogens with zero attached hydrogens (tertiary/aromatic N) is 3. The van der Waals surface area contributed by atoms with E-state index in [1.54, 1.807) is 18.4 Å². The second-order valence-corrected chi connectivity index (χ2v) is 7.75. The third-order valence-electron chi connectivity index (χ3n) is 4.11. The van der Waals surface area contributed by atoms with E-state index in [2.05, 4.69) is 48.8 Å². The maximum atomic E-state index is 9.29. The van der Waals surface area contributed by atoms with E-state index in [0.29, 0.717) is 6.42 Å². The number of ether oxygens (including phenoxy) is 1. The minimum Gasteiger partial charge on any atom is -0.496 e. The molecule has 0 spiro atoms. The van der Waals surface area contributed by atoms with Crippen molar-refractivity contribution >= 4 is 16.3 Å². The Kier molecular flexibility index (Phi) is 4.10. The van der Waals surface area contributed by atoms with Crippen LogP contribution in [0.1, 0.15) is 37.7 Å². The van der Waals surface area contributed by atoms with Crippen LogP contribution in [-0.4, -0.2) is 16.5 Å². The molecular formula is C19H21N3OS. The van der Waals surface area contributed by atoms with E-state index >= 15 is 0 Å². The van der Waals surface area contributed by atoms with Gasteiger partial charge in [-0.3, -0.25) is 4.40 Å². The van der Waals surface area contributed by atoms with Crippen molar-refractivity contribution < 1.29 is 4.74 Å². The lowest BCUT2D eigenvalue weighted by atomic mass is 9.90. The Bertz CT molecular complexity index is 938. The van der Waals surface area contributed by atoms with E-state index < -0.39 is 0 Å². The van der Waals surface area contributed by atoms with Crippen LogP contribution >= 0.6 is 11.3 Å². The number of methoxy groups -OCH3 is 1. The van der Waals surface area contributed by atoms with E-state index in [-0.39, 0.29) is 5.41 Å². The topological polar surface area (TPSA) is 50.3 Å². The summed E-state index contributed by atoms with van der Waals surface area (Å²) in [5.74, 6) is 0.878. The minimum atomic E-state index is -0.0922. The fraction of sp³-hybridized carbons (Fsp3) is 0.368. The Labute approximate surface area is 146 Å². The summed E-state index contributed by atoms with van der Waals surface area (Å²) >= 11 is 1.61. The first-order valence-corrected chi connectivity index (χ1v) is 8.76. The van der Waals surface area contributed by atoms with Gasteiger partial charge in [0.15, 0.2) is 4.96 Å². The average Bonchev–Trinajstić information content (AvgIpc) is 3.07. The molecule has 2 aromatic heterocycles. The van der Waals surface area contributed by atoms with Crippen molar-refractivity contribution in [2.24, 2.45) is 0 Å². The van der Waals surface area contributed by atoms with Crippen molar-refractivity contribution in [2.75, 3.05) is 7.11 Å². The van der Waals surface area contributed by atoms with Crippen molar-refractivity contribution in [3.63, 3.8) is 0 Å². The van der Waals surface area contributed by atoms with Crippen molar-refractivity contribution in [2.45, 2.75) is 39.5 Å². The molecule has 2 heterocycles.